The van der Waals surface area contributed by atoms with E-state index >= 15 is 0 Å². The van der Waals surface area contributed by atoms with Gasteiger partial charge in [-0.25, -0.2) is 0 Å². The second-order valence-corrected chi connectivity index (χ2v) is 8.06. The third-order valence-corrected chi connectivity index (χ3v) is 6.16. The van der Waals surface area contributed by atoms with Gasteiger partial charge in [-0.3, -0.25) is 4.79 Å². The number of benzene rings is 1. The number of hydrogen-bond donors (Lipinski definition) is 1. The first kappa shape index (κ1) is 15.6. The molecule has 3 atom stereocenters. The summed E-state index contributed by atoms with van der Waals surface area (Å²) >= 11 is 0. The predicted octanol–water partition coefficient (Wildman–Crippen LogP) is 4.84. The van der Waals surface area contributed by atoms with Crippen molar-refractivity contribution in [1.82, 2.24) is 0 Å². The summed E-state index contributed by atoms with van der Waals surface area (Å²) in [5.74, 6) is 2.34. The summed E-state index contributed by atoms with van der Waals surface area (Å²) in [5, 5.41) is 9.73. The van der Waals surface area contributed by atoms with Crippen molar-refractivity contribution < 1.29 is 9.90 Å². The van der Waals surface area contributed by atoms with Gasteiger partial charge in [0.1, 0.15) is 11.5 Å². The zero-order chi connectivity index (χ0) is 15.9. The van der Waals surface area contributed by atoms with Gasteiger partial charge < -0.3 is 5.11 Å². The number of fused-ring (bicyclic) bond motifs is 3. The lowest BCUT2D eigenvalue weighted by molar-refractivity contribution is -0.126. The second-order valence-electron chi connectivity index (χ2n) is 8.06. The smallest absolute Gasteiger partial charge is 0.133 e. The van der Waals surface area contributed by atoms with E-state index in [1.54, 1.807) is 6.07 Å². The number of ketones is 1. The molecule has 2 aliphatic carbocycles. The number of aromatic hydroxyl groups is 1. The fraction of sp³-hybridized carbons (Fsp3) is 0.650. The number of carbonyl (C=O) groups excluding carboxylic acids is 1. The van der Waals surface area contributed by atoms with Crippen LogP contribution in [0.15, 0.2) is 18.2 Å². The Kier molecular flexibility index (Phi) is 4.05. The van der Waals surface area contributed by atoms with Crippen LogP contribution in [0.1, 0.15) is 69.9 Å². The van der Waals surface area contributed by atoms with Crippen LogP contribution in [0.4, 0.5) is 0 Å². The summed E-state index contributed by atoms with van der Waals surface area (Å²) in [5.41, 5.74) is 2.81. The maximum Gasteiger partial charge on any atom is 0.133 e. The molecular formula is C20H28O2. The van der Waals surface area contributed by atoms with E-state index in [0.29, 0.717) is 35.7 Å². The maximum absolute atomic E-state index is 12.3. The molecule has 0 heterocycles. The van der Waals surface area contributed by atoms with E-state index in [2.05, 4.69) is 26.8 Å². The Bertz CT molecular complexity index is 575. The number of rotatable bonds is 3. The van der Waals surface area contributed by atoms with Gasteiger partial charge in [0.25, 0.3) is 0 Å². The van der Waals surface area contributed by atoms with Crippen LogP contribution in [-0.4, -0.2) is 10.9 Å². The van der Waals surface area contributed by atoms with Crippen molar-refractivity contribution in [1.29, 1.82) is 0 Å². The van der Waals surface area contributed by atoms with Crippen molar-refractivity contribution in [2.45, 2.75) is 65.2 Å². The quantitative estimate of drug-likeness (QED) is 0.867. The van der Waals surface area contributed by atoms with Crippen LogP contribution < -0.4 is 0 Å². The van der Waals surface area contributed by atoms with Crippen LogP contribution in [-0.2, 0) is 11.2 Å². The highest BCUT2D eigenvalue weighted by atomic mass is 16.3. The number of Topliss-reactive ketones (excluding diaryl/α,β-unsaturated/α-hetero) is 1. The molecule has 1 saturated carbocycles. The van der Waals surface area contributed by atoms with E-state index in [4.69, 9.17) is 0 Å². The molecule has 0 radical (unpaired) electrons. The van der Waals surface area contributed by atoms with Crippen molar-refractivity contribution >= 4 is 5.78 Å². The molecule has 1 aromatic carbocycles. The number of carbonyl (C=O) groups is 1. The molecule has 0 bridgehead atoms. The van der Waals surface area contributed by atoms with Crippen molar-refractivity contribution in [2.75, 3.05) is 0 Å². The van der Waals surface area contributed by atoms with Gasteiger partial charge in [-0.05, 0) is 65.7 Å². The molecule has 2 aliphatic rings. The number of hydrogen-bond acceptors (Lipinski definition) is 2. The number of phenols is 1. The largest absolute Gasteiger partial charge is 0.508 e. The minimum atomic E-state index is 0.243. The summed E-state index contributed by atoms with van der Waals surface area (Å²) in [6, 6.07) is 5.74. The molecule has 22 heavy (non-hydrogen) atoms. The molecule has 2 heteroatoms. The van der Waals surface area contributed by atoms with Gasteiger partial charge in [0.2, 0.25) is 0 Å². The first-order valence-corrected chi connectivity index (χ1v) is 8.73. The summed E-state index contributed by atoms with van der Waals surface area (Å²) in [6.07, 6.45) is 6.01. The highest BCUT2D eigenvalue weighted by Gasteiger charge is 2.48. The normalized spacial score (nSPS) is 31.0. The van der Waals surface area contributed by atoms with E-state index in [-0.39, 0.29) is 5.41 Å². The van der Waals surface area contributed by atoms with E-state index in [9.17, 15) is 9.90 Å². The number of aryl methyl sites for hydroxylation is 1. The minimum absolute atomic E-state index is 0.243. The summed E-state index contributed by atoms with van der Waals surface area (Å²) < 4.78 is 0. The Morgan fingerprint density at radius 3 is 2.82 bits per heavy atom. The van der Waals surface area contributed by atoms with Crippen molar-refractivity contribution in [3.8, 4) is 5.75 Å². The lowest BCUT2D eigenvalue weighted by Gasteiger charge is -2.51. The highest BCUT2D eigenvalue weighted by molar-refractivity contribution is 5.81. The first-order valence-electron chi connectivity index (χ1n) is 8.73. The molecular weight excluding hydrogens is 272 g/mol. The van der Waals surface area contributed by atoms with E-state index in [0.717, 1.165) is 19.3 Å². The Morgan fingerprint density at radius 2 is 2.09 bits per heavy atom. The standard InChI is InChI=1S/C20H28O2/c1-13(2)4-5-15-11-17(22)12-19-18-7-6-16(21)10-14(18)8-9-20(15,19)3/h6-7,10,13,15,19,21H,4-5,8-9,11-12H2,1-3H3/t15-,19+,20-/m1/s1. The first-order chi connectivity index (χ1) is 10.4. The van der Waals surface area contributed by atoms with Gasteiger partial charge >= 0.3 is 0 Å². The molecule has 1 aromatic rings. The van der Waals surface area contributed by atoms with E-state index in [1.807, 2.05) is 6.07 Å². The highest BCUT2D eigenvalue weighted by Crippen LogP contribution is 2.57. The van der Waals surface area contributed by atoms with Crippen molar-refractivity contribution in [3.05, 3.63) is 29.3 Å². The van der Waals surface area contributed by atoms with Gasteiger partial charge in [-0.15, -0.1) is 0 Å². The minimum Gasteiger partial charge on any atom is -0.508 e. The van der Waals surface area contributed by atoms with Crippen molar-refractivity contribution in [3.63, 3.8) is 0 Å². The Hall–Kier alpha value is -1.31. The van der Waals surface area contributed by atoms with Crippen molar-refractivity contribution in [2.24, 2.45) is 17.3 Å². The molecule has 0 spiro atoms. The average molecular weight is 300 g/mol. The Labute approximate surface area is 133 Å². The Balaban J connectivity index is 1.93. The molecule has 0 saturated heterocycles. The fourth-order valence-electron chi connectivity index (χ4n) is 4.70. The molecule has 0 aromatic heterocycles. The molecule has 0 amide bonds. The van der Waals surface area contributed by atoms with Crippen LogP contribution in [0.3, 0.4) is 0 Å². The van der Waals surface area contributed by atoms with Gasteiger partial charge in [-0.2, -0.15) is 0 Å². The van der Waals surface area contributed by atoms with Gasteiger partial charge in [0.15, 0.2) is 0 Å². The molecule has 1 N–H and O–H groups in total. The lowest BCUT2D eigenvalue weighted by atomic mass is 9.53. The maximum atomic E-state index is 12.3. The van der Waals surface area contributed by atoms with Gasteiger partial charge in [-0.1, -0.05) is 33.3 Å². The van der Waals surface area contributed by atoms with Crippen LogP contribution in [0.5, 0.6) is 5.75 Å². The van der Waals surface area contributed by atoms with E-state index < -0.39 is 0 Å². The average Bonchev–Trinajstić information content (AvgIpc) is 2.45. The Morgan fingerprint density at radius 1 is 1.32 bits per heavy atom. The predicted molar refractivity (Wildman–Crippen MR) is 89.1 cm³/mol. The zero-order valence-electron chi connectivity index (χ0n) is 14.1. The van der Waals surface area contributed by atoms with Crippen LogP contribution in [0, 0.1) is 17.3 Å². The molecule has 3 rings (SSSR count). The third kappa shape index (κ3) is 2.68. The molecule has 1 fully saturated rings. The lowest BCUT2D eigenvalue weighted by Crippen LogP contribution is -2.43. The topological polar surface area (TPSA) is 37.3 Å². The zero-order valence-corrected chi connectivity index (χ0v) is 14.1. The summed E-state index contributed by atoms with van der Waals surface area (Å²) in [7, 11) is 0. The molecule has 2 nitrogen and oxygen atoms in total. The van der Waals surface area contributed by atoms with Crippen LogP contribution >= 0.6 is 0 Å². The third-order valence-electron chi connectivity index (χ3n) is 6.16. The van der Waals surface area contributed by atoms with Gasteiger partial charge in [0, 0.05) is 12.8 Å². The number of phenolic OH excluding ortho intramolecular Hbond substituents is 1. The van der Waals surface area contributed by atoms with Crippen LogP contribution in [0.2, 0.25) is 0 Å². The SMILES string of the molecule is CC(C)CC[C@@H]1CC(=O)C[C@H]2c3ccc(O)cc3CC[C@]12C. The molecule has 0 unspecified atom stereocenters. The summed E-state index contributed by atoms with van der Waals surface area (Å²) in [4.78, 5) is 12.3. The van der Waals surface area contributed by atoms with E-state index in [1.165, 1.54) is 24.0 Å². The van der Waals surface area contributed by atoms with Gasteiger partial charge in [0.05, 0.1) is 0 Å². The summed E-state index contributed by atoms with van der Waals surface area (Å²) in [6.45, 7) is 6.94. The molecule has 0 aliphatic heterocycles. The fourth-order valence-corrected chi connectivity index (χ4v) is 4.70. The second kappa shape index (κ2) is 5.72. The van der Waals surface area contributed by atoms with Crippen LogP contribution in [0.25, 0.3) is 0 Å². The molecule has 120 valence electrons. The monoisotopic (exact) mass is 300 g/mol.